The summed E-state index contributed by atoms with van der Waals surface area (Å²) in [5.74, 6) is 0.377. The molecule has 0 saturated heterocycles. The van der Waals surface area contributed by atoms with Crippen LogP contribution in [0, 0.1) is 0 Å². The van der Waals surface area contributed by atoms with Gasteiger partial charge in [0.25, 0.3) is 0 Å². The molecule has 0 bridgehead atoms. The molecule has 1 heterocycles. The maximum atomic E-state index is 9.34. The molecule has 0 radical (unpaired) electrons. The minimum absolute atomic E-state index is 0.205. The fourth-order valence-electron chi connectivity index (χ4n) is 1.40. The minimum atomic E-state index is -0.265. The zero-order chi connectivity index (χ0) is 10.8. The number of halogens is 1. The van der Waals surface area contributed by atoms with Crippen LogP contribution in [0.5, 0.6) is 11.7 Å². The first-order valence-electron chi connectivity index (χ1n) is 4.76. The van der Waals surface area contributed by atoms with E-state index in [1.54, 1.807) is 18.2 Å². The van der Waals surface area contributed by atoms with Gasteiger partial charge in [-0.3, -0.25) is 0 Å². The van der Waals surface area contributed by atoms with E-state index in [1.807, 2.05) is 6.92 Å². The lowest BCUT2D eigenvalue weighted by Crippen LogP contribution is -1.94. The van der Waals surface area contributed by atoms with Crippen molar-refractivity contribution in [3.8, 4) is 11.7 Å². The van der Waals surface area contributed by atoms with Gasteiger partial charge in [-0.1, -0.05) is 24.6 Å². The molecule has 1 aromatic heterocycles. The molecule has 15 heavy (non-hydrogen) atoms. The van der Waals surface area contributed by atoms with Crippen LogP contribution < -0.4 is 4.74 Å². The third-order valence-electron chi connectivity index (χ3n) is 2.06. The van der Waals surface area contributed by atoms with Crippen molar-refractivity contribution in [2.75, 3.05) is 6.61 Å². The maximum absolute atomic E-state index is 9.34. The van der Waals surface area contributed by atoms with Crippen LogP contribution in [0.25, 0.3) is 11.0 Å². The maximum Gasteiger partial charge on any atom is 0.302 e. The first-order valence-corrected chi connectivity index (χ1v) is 5.14. The molecule has 0 amide bonds. The lowest BCUT2D eigenvalue weighted by Gasteiger charge is -2.04. The Labute approximate surface area is 92.2 Å². The first kappa shape index (κ1) is 10.2. The van der Waals surface area contributed by atoms with E-state index >= 15 is 0 Å². The average Bonchev–Trinajstić information content (AvgIpc) is 2.53. The summed E-state index contributed by atoms with van der Waals surface area (Å²) in [6, 6.07) is 5.34. The van der Waals surface area contributed by atoms with Gasteiger partial charge in [-0.2, -0.15) is 0 Å². The van der Waals surface area contributed by atoms with Crippen molar-refractivity contribution in [1.82, 2.24) is 0 Å². The highest BCUT2D eigenvalue weighted by atomic mass is 35.5. The summed E-state index contributed by atoms with van der Waals surface area (Å²) in [5.41, 5.74) is 0.533. The van der Waals surface area contributed by atoms with Crippen molar-refractivity contribution in [1.29, 1.82) is 0 Å². The van der Waals surface area contributed by atoms with Crippen molar-refractivity contribution in [3.63, 3.8) is 0 Å². The van der Waals surface area contributed by atoms with Gasteiger partial charge in [-0.05, 0) is 18.6 Å². The Morgan fingerprint density at radius 3 is 3.00 bits per heavy atom. The number of hydrogen-bond acceptors (Lipinski definition) is 3. The number of rotatable bonds is 3. The molecule has 80 valence electrons. The van der Waals surface area contributed by atoms with E-state index < -0.39 is 0 Å². The second kappa shape index (κ2) is 4.03. The number of benzene rings is 1. The number of furan rings is 1. The van der Waals surface area contributed by atoms with Crippen LogP contribution in [0.15, 0.2) is 22.6 Å². The second-order valence-corrected chi connectivity index (χ2v) is 3.58. The second-order valence-electron chi connectivity index (χ2n) is 3.20. The van der Waals surface area contributed by atoms with Crippen LogP contribution in [0.1, 0.15) is 13.3 Å². The molecule has 0 spiro atoms. The molecule has 2 aromatic rings. The van der Waals surface area contributed by atoms with Gasteiger partial charge in [0.2, 0.25) is 0 Å². The van der Waals surface area contributed by atoms with Crippen LogP contribution in [0.3, 0.4) is 0 Å². The molecule has 0 saturated carbocycles. The van der Waals surface area contributed by atoms with Gasteiger partial charge in [0.15, 0.2) is 0 Å². The zero-order valence-electron chi connectivity index (χ0n) is 8.29. The van der Waals surface area contributed by atoms with Crippen LogP contribution in [-0.4, -0.2) is 11.7 Å². The lowest BCUT2D eigenvalue weighted by molar-refractivity contribution is 0.321. The van der Waals surface area contributed by atoms with E-state index in [-0.39, 0.29) is 11.0 Å². The van der Waals surface area contributed by atoms with Gasteiger partial charge in [-0.15, -0.1) is 0 Å². The average molecular weight is 227 g/mol. The Morgan fingerprint density at radius 1 is 1.47 bits per heavy atom. The summed E-state index contributed by atoms with van der Waals surface area (Å²) in [5, 5.41) is 10.2. The molecule has 0 atom stereocenters. The molecule has 0 aliphatic carbocycles. The molecule has 1 aromatic carbocycles. The monoisotopic (exact) mass is 226 g/mol. The highest BCUT2D eigenvalue weighted by molar-refractivity contribution is 6.37. The van der Waals surface area contributed by atoms with Crippen molar-refractivity contribution in [2.24, 2.45) is 0 Å². The van der Waals surface area contributed by atoms with E-state index in [0.717, 1.165) is 6.42 Å². The van der Waals surface area contributed by atoms with Crippen molar-refractivity contribution in [2.45, 2.75) is 13.3 Å². The standard InChI is InChI=1S/C11H11ClO3/c1-2-6-14-7-4-3-5-8-9(7)10(12)11(13)15-8/h3-5,13H,2,6H2,1H3. The Balaban J connectivity index is 2.53. The normalized spacial score (nSPS) is 10.8. The van der Waals surface area contributed by atoms with Gasteiger partial charge >= 0.3 is 5.95 Å². The summed E-state index contributed by atoms with van der Waals surface area (Å²) in [6.07, 6.45) is 0.915. The Hall–Kier alpha value is -1.35. The highest BCUT2D eigenvalue weighted by Crippen LogP contribution is 2.40. The number of fused-ring (bicyclic) bond motifs is 1. The summed E-state index contributed by atoms with van der Waals surface area (Å²) < 4.78 is 10.6. The molecule has 0 unspecified atom stereocenters. The lowest BCUT2D eigenvalue weighted by atomic mass is 10.2. The van der Waals surface area contributed by atoms with E-state index in [4.69, 9.17) is 20.8 Å². The SMILES string of the molecule is CCCOc1cccc2oc(O)c(Cl)c12. The predicted molar refractivity (Wildman–Crippen MR) is 58.7 cm³/mol. The Bertz CT molecular complexity index is 476. The van der Waals surface area contributed by atoms with Gasteiger partial charge in [-0.25, -0.2) is 0 Å². The largest absolute Gasteiger partial charge is 0.493 e. The van der Waals surface area contributed by atoms with E-state index in [2.05, 4.69) is 0 Å². The van der Waals surface area contributed by atoms with Gasteiger partial charge in [0.1, 0.15) is 16.4 Å². The quantitative estimate of drug-likeness (QED) is 0.870. The third-order valence-corrected chi connectivity index (χ3v) is 2.41. The van der Waals surface area contributed by atoms with E-state index in [9.17, 15) is 5.11 Å². The molecule has 4 heteroatoms. The van der Waals surface area contributed by atoms with Gasteiger partial charge in [0, 0.05) is 0 Å². The molecular weight excluding hydrogens is 216 g/mol. The third kappa shape index (κ3) is 1.75. The molecule has 2 rings (SSSR count). The summed E-state index contributed by atoms with van der Waals surface area (Å²) in [6.45, 7) is 2.63. The summed E-state index contributed by atoms with van der Waals surface area (Å²) in [7, 11) is 0. The Kier molecular flexibility index (Phi) is 2.73. The predicted octanol–water partition coefficient (Wildman–Crippen LogP) is 3.58. The summed E-state index contributed by atoms with van der Waals surface area (Å²) >= 11 is 5.90. The van der Waals surface area contributed by atoms with Crippen LogP contribution in [0.4, 0.5) is 0 Å². The van der Waals surface area contributed by atoms with Gasteiger partial charge < -0.3 is 14.3 Å². The summed E-state index contributed by atoms with van der Waals surface area (Å²) in [4.78, 5) is 0. The minimum Gasteiger partial charge on any atom is -0.493 e. The molecule has 0 aliphatic heterocycles. The van der Waals surface area contributed by atoms with Gasteiger partial charge in [0.05, 0.1) is 12.0 Å². The van der Waals surface area contributed by atoms with Crippen molar-refractivity contribution < 1.29 is 14.3 Å². The number of hydrogen-bond donors (Lipinski definition) is 1. The van der Waals surface area contributed by atoms with Crippen LogP contribution >= 0.6 is 11.6 Å². The smallest absolute Gasteiger partial charge is 0.302 e. The highest BCUT2D eigenvalue weighted by Gasteiger charge is 2.15. The van der Waals surface area contributed by atoms with Crippen molar-refractivity contribution in [3.05, 3.63) is 23.2 Å². The topological polar surface area (TPSA) is 42.6 Å². The Morgan fingerprint density at radius 2 is 2.27 bits per heavy atom. The fourth-order valence-corrected chi connectivity index (χ4v) is 1.63. The van der Waals surface area contributed by atoms with Crippen LogP contribution in [0.2, 0.25) is 5.02 Å². The van der Waals surface area contributed by atoms with Crippen LogP contribution in [-0.2, 0) is 0 Å². The number of ether oxygens (including phenoxy) is 1. The number of aromatic hydroxyl groups is 1. The fraction of sp³-hybridized carbons (Fsp3) is 0.273. The molecule has 0 fully saturated rings. The van der Waals surface area contributed by atoms with E-state index in [0.29, 0.717) is 23.3 Å². The molecule has 3 nitrogen and oxygen atoms in total. The molecule has 0 aliphatic rings. The zero-order valence-corrected chi connectivity index (χ0v) is 9.04. The van der Waals surface area contributed by atoms with E-state index in [1.165, 1.54) is 0 Å². The molecule has 1 N–H and O–H groups in total. The molecular formula is C11H11ClO3. The van der Waals surface area contributed by atoms with Crippen molar-refractivity contribution >= 4 is 22.6 Å². The first-order chi connectivity index (χ1) is 7.24.